The third-order valence-corrected chi connectivity index (χ3v) is 4.35. The fourth-order valence-corrected chi connectivity index (χ4v) is 3.09. The molecule has 0 aliphatic carbocycles. The van der Waals surface area contributed by atoms with Gasteiger partial charge in [0.2, 0.25) is 5.95 Å². The van der Waals surface area contributed by atoms with Gasteiger partial charge in [-0.15, -0.1) is 0 Å². The van der Waals surface area contributed by atoms with Crippen LogP contribution >= 0.6 is 0 Å². The van der Waals surface area contributed by atoms with Gasteiger partial charge in [0.25, 0.3) is 0 Å². The summed E-state index contributed by atoms with van der Waals surface area (Å²) in [6.07, 6.45) is 2.22. The Labute approximate surface area is 124 Å². The van der Waals surface area contributed by atoms with E-state index in [1.54, 1.807) is 0 Å². The van der Waals surface area contributed by atoms with Crippen LogP contribution in [0, 0.1) is 6.92 Å². The van der Waals surface area contributed by atoms with Crippen LogP contribution in [-0.4, -0.2) is 27.9 Å². The minimum absolute atomic E-state index is 0.0859. The number of nitrogens with one attached hydrogen (secondary N) is 1. The van der Waals surface area contributed by atoms with Crippen LogP contribution in [0.1, 0.15) is 41.8 Å². The van der Waals surface area contributed by atoms with Gasteiger partial charge in [0.15, 0.2) is 5.82 Å². The summed E-state index contributed by atoms with van der Waals surface area (Å²) >= 11 is 0. The summed E-state index contributed by atoms with van der Waals surface area (Å²) < 4.78 is 7.67. The minimum atomic E-state index is 0.0859. The molecular formula is C16H20N4O. The summed E-state index contributed by atoms with van der Waals surface area (Å²) in [7, 11) is 0. The smallest absolute Gasteiger partial charge is 0.221 e. The van der Waals surface area contributed by atoms with E-state index in [1.807, 2.05) is 4.68 Å². The number of benzene rings is 1. The molecule has 5 nitrogen and oxygen atoms in total. The van der Waals surface area contributed by atoms with Crippen LogP contribution in [0.15, 0.2) is 24.3 Å². The molecule has 0 radical (unpaired) electrons. The zero-order valence-electron chi connectivity index (χ0n) is 12.2. The van der Waals surface area contributed by atoms with Crippen molar-refractivity contribution in [1.82, 2.24) is 14.8 Å². The first-order valence-corrected chi connectivity index (χ1v) is 7.66. The van der Waals surface area contributed by atoms with Gasteiger partial charge in [-0.05, 0) is 25.3 Å². The first-order valence-electron chi connectivity index (χ1n) is 7.66. The Morgan fingerprint density at radius 2 is 2.14 bits per heavy atom. The number of aryl methyl sites for hydroxylation is 1. The van der Waals surface area contributed by atoms with E-state index in [0.29, 0.717) is 5.92 Å². The third kappa shape index (κ3) is 2.42. The Kier molecular flexibility index (Phi) is 3.15. The molecule has 0 spiro atoms. The summed E-state index contributed by atoms with van der Waals surface area (Å²) in [4.78, 5) is 4.59. The molecule has 1 aromatic heterocycles. The van der Waals surface area contributed by atoms with Crippen molar-refractivity contribution in [2.75, 3.05) is 18.5 Å². The highest BCUT2D eigenvalue weighted by Crippen LogP contribution is 2.30. The zero-order chi connectivity index (χ0) is 14.2. The second-order valence-electron chi connectivity index (χ2n) is 5.97. The molecule has 2 aliphatic heterocycles. The average Bonchev–Trinajstić information content (AvgIpc) is 3.16. The van der Waals surface area contributed by atoms with Crippen LogP contribution in [0.4, 0.5) is 5.95 Å². The molecule has 4 rings (SSSR count). The van der Waals surface area contributed by atoms with Crippen molar-refractivity contribution in [3.8, 4) is 0 Å². The Morgan fingerprint density at radius 3 is 2.90 bits per heavy atom. The van der Waals surface area contributed by atoms with Gasteiger partial charge >= 0.3 is 0 Å². The highest BCUT2D eigenvalue weighted by atomic mass is 16.5. The molecule has 3 heterocycles. The molecule has 1 aromatic carbocycles. The monoisotopic (exact) mass is 284 g/mol. The standard InChI is InChI=1S/C16H20N4O/c1-11-4-6-12(7-5-11)13-9-17-16-18-15(19-20(16)10-13)14-3-2-8-21-14/h4-7,13-14H,2-3,8-10H2,1H3,(H,17,18,19). The van der Waals surface area contributed by atoms with E-state index in [2.05, 4.69) is 46.6 Å². The van der Waals surface area contributed by atoms with E-state index in [9.17, 15) is 0 Å². The second-order valence-corrected chi connectivity index (χ2v) is 5.97. The lowest BCUT2D eigenvalue weighted by molar-refractivity contribution is 0.105. The topological polar surface area (TPSA) is 52.0 Å². The summed E-state index contributed by atoms with van der Waals surface area (Å²) in [5.41, 5.74) is 2.65. The van der Waals surface area contributed by atoms with Crippen molar-refractivity contribution < 1.29 is 4.74 Å². The van der Waals surface area contributed by atoms with Crippen LogP contribution < -0.4 is 5.32 Å². The number of fused-ring (bicyclic) bond motifs is 1. The Morgan fingerprint density at radius 1 is 1.29 bits per heavy atom. The van der Waals surface area contributed by atoms with Gasteiger partial charge in [-0.1, -0.05) is 29.8 Å². The van der Waals surface area contributed by atoms with Crippen molar-refractivity contribution >= 4 is 5.95 Å². The SMILES string of the molecule is Cc1ccc(C2CNc3nc(C4CCCO4)nn3C2)cc1. The molecule has 110 valence electrons. The quantitative estimate of drug-likeness (QED) is 0.921. The van der Waals surface area contributed by atoms with Gasteiger partial charge < -0.3 is 10.1 Å². The summed E-state index contributed by atoms with van der Waals surface area (Å²) in [5.74, 6) is 2.15. The molecule has 5 heteroatoms. The molecule has 0 amide bonds. The Bertz CT molecular complexity index is 628. The van der Waals surface area contributed by atoms with Crippen molar-refractivity contribution in [3.63, 3.8) is 0 Å². The van der Waals surface area contributed by atoms with Gasteiger partial charge in [0, 0.05) is 19.1 Å². The van der Waals surface area contributed by atoms with E-state index >= 15 is 0 Å². The summed E-state index contributed by atoms with van der Waals surface area (Å²) in [6.45, 7) is 4.73. The number of hydrogen-bond acceptors (Lipinski definition) is 4. The highest BCUT2D eigenvalue weighted by Gasteiger charge is 2.27. The molecule has 1 saturated heterocycles. The zero-order valence-corrected chi connectivity index (χ0v) is 12.2. The largest absolute Gasteiger partial charge is 0.370 e. The molecular weight excluding hydrogens is 264 g/mol. The maximum Gasteiger partial charge on any atom is 0.221 e. The lowest BCUT2D eigenvalue weighted by Crippen LogP contribution is -2.26. The van der Waals surface area contributed by atoms with Crippen LogP contribution in [0.3, 0.4) is 0 Å². The van der Waals surface area contributed by atoms with Crippen LogP contribution in [0.2, 0.25) is 0 Å². The Hall–Kier alpha value is -1.88. The van der Waals surface area contributed by atoms with E-state index in [0.717, 1.165) is 44.3 Å². The maximum atomic E-state index is 5.68. The normalized spacial score (nSPS) is 24.6. The molecule has 2 atom stereocenters. The number of anilines is 1. The van der Waals surface area contributed by atoms with Crippen molar-refractivity contribution in [2.45, 2.75) is 38.3 Å². The lowest BCUT2D eigenvalue weighted by atomic mass is 9.97. The highest BCUT2D eigenvalue weighted by molar-refractivity contribution is 5.33. The van der Waals surface area contributed by atoms with Crippen molar-refractivity contribution in [3.05, 3.63) is 41.2 Å². The third-order valence-electron chi connectivity index (χ3n) is 4.35. The summed E-state index contributed by atoms with van der Waals surface area (Å²) in [5, 5.41) is 8.05. The van der Waals surface area contributed by atoms with Crippen LogP contribution in [0.5, 0.6) is 0 Å². The predicted molar refractivity (Wildman–Crippen MR) is 80.4 cm³/mol. The molecule has 0 bridgehead atoms. The van der Waals surface area contributed by atoms with Gasteiger partial charge in [-0.3, -0.25) is 0 Å². The predicted octanol–water partition coefficient (Wildman–Crippen LogP) is 2.65. The number of aromatic nitrogens is 3. The maximum absolute atomic E-state index is 5.68. The minimum Gasteiger partial charge on any atom is -0.370 e. The average molecular weight is 284 g/mol. The van der Waals surface area contributed by atoms with Gasteiger partial charge in [-0.2, -0.15) is 10.1 Å². The van der Waals surface area contributed by atoms with Gasteiger partial charge in [-0.25, -0.2) is 4.68 Å². The first kappa shape index (κ1) is 12.8. The van der Waals surface area contributed by atoms with Crippen molar-refractivity contribution in [2.24, 2.45) is 0 Å². The molecule has 1 fully saturated rings. The molecule has 0 saturated carbocycles. The van der Waals surface area contributed by atoms with Crippen LogP contribution in [-0.2, 0) is 11.3 Å². The molecule has 2 unspecified atom stereocenters. The van der Waals surface area contributed by atoms with E-state index < -0.39 is 0 Å². The van der Waals surface area contributed by atoms with Gasteiger partial charge in [0.05, 0.1) is 6.54 Å². The first-order chi connectivity index (χ1) is 10.3. The molecule has 21 heavy (non-hydrogen) atoms. The van der Waals surface area contributed by atoms with Crippen LogP contribution in [0.25, 0.3) is 0 Å². The lowest BCUT2D eigenvalue weighted by Gasteiger charge is -2.24. The second kappa shape index (κ2) is 5.15. The summed E-state index contributed by atoms with van der Waals surface area (Å²) in [6, 6.07) is 8.77. The van der Waals surface area contributed by atoms with E-state index in [1.165, 1.54) is 11.1 Å². The number of rotatable bonds is 2. The van der Waals surface area contributed by atoms with Crippen molar-refractivity contribution in [1.29, 1.82) is 0 Å². The number of ether oxygens (including phenoxy) is 1. The molecule has 1 N–H and O–H groups in total. The van der Waals surface area contributed by atoms with E-state index in [4.69, 9.17) is 4.74 Å². The molecule has 2 aliphatic rings. The number of hydrogen-bond donors (Lipinski definition) is 1. The van der Waals surface area contributed by atoms with E-state index in [-0.39, 0.29) is 6.10 Å². The fraction of sp³-hybridized carbons (Fsp3) is 0.500. The fourth-order valence-electron chi connectivity index (χ4n) is 3.09. The Balaban J connectivity index is 1.55. The van der Waals surface area contributed by atoms with Gasteiger partial charge in [0.1, 0.15) is 6.10 Å². The number of nitrogens with zero attached hydrogens (tertiary/aromatic N) is 3. The molecule has 2 aromatic rings.